The summed E-state index contributed by atoms with van der Waals surface area (Å²) in [5.74, 6) is 0.772. The Kier molecular flexibility index (Phi) is 4.84. The van der Waals surface area contributed by atoms with Crippen molar-refractivity contribution in [2.24, 2.45) is 0 Å². The topological polar surface area (TPSA) is 86.0 Å². The lowest BCUT2D eigenvalue weighted by Crippen LogP contribution is -2.16. The van der Waals surface area contributed by atoms with E-state index < -0.39 is 5.97 Å². The summed E-state index contributed by atoms with van der Waals surface area (Å²) in [5.41, 5.74) is 2.73. The zero-order chi connectivity index (χ0) is 20.5. The van der Waals surface area contributed by atoms with E-state index in [9.17, 15) is 14.7 Å². The molecule has 29 heavy (non-hydrogen) atoms. The molecule has 148 valence electrons. The Morgan fingerprint density at radius 1 is 1.07 bits per heavy atom. The molecule has 0 amide bonds. The van der Waals surface area contributed by atoms with Gasteiger partial charge < -0.3 is 19.0 Å². The summed E-state index contributed by atoms with van der Waals surface area (Å²) in [6.45, 7) is 0. The van der Waals surface area contributed by atoms with Crippen molar-refractivity contribution in [2.75, 3.05) is 14.2 Å². The van der Waals surface area contributed by atoms with E-state index in [2.05, 4.69) is 0 Å². The summed E-state index contributed by atoms with van der Waals surface area (Å²) in [4.78, 5) is 24.3. The molecule has 2 aromatic carbocycles. The second-order valence-corrected chi connectivity index (χ2v) is 6.89. The molecule has 0 saturated carbocycles. The lowest BCUT2D eigenvalue weighted by Gasteiger charge is -2.18. The maximum atomic E-state index is 13.0. The van der Waals surface area contributed by atoms with Gasteiger partial charge in [-0.1, -0.05) is 6.07 Å². The molecule has 1 aliphatic rings. The summed E-state index contributed by atoms with van der Waals surface area (Å²) in [5, 5.41) is 9.50. The van der Waals surface area contributed by atoms with Crippen LogP contribution in [0.5, 0.6) is 11.5 Å². The van der Waals surface area contributed by atoms with Crippen molar-refractivity contribution >= 4 is 28.6 Å². The van der Waals surface area contributed by atoms with Gasteiger partial charge in [-0.25, -0.2) is 4.79 Å². The number of fused-ring (bicyclic) bond motifs is 2. The molecular weight excluding hydrogens is 372 g/mol. The highest BCUT2D eigenvalue weighted by Crippen LogP contribution is 2.35. The third-order valence-electron chi connectivity index (χ3n) is 5.14. The van der Waals surface area contributed by atoms with Crippen LogP contribution in [0.2, 0.25) is 0 Å². The fourth-order valence-corrected chi connectivity index (χ4v) is 3.70. The molecule has 1 aromatic heterocycles. The van der Waals surface area contributed by atoms with Gasteiger partial charge in [0.25, 0.3) is 0 Å². The standard InChI is InChI=1S/C23H20O6/c1-27-19-8-6-13(11-20(19)28-2)10-14-4-3-5-16-21(24)17-12-15(23(25)26)7-9-18(17)29-22(14)16/h6-12H,3-5H2,1-2H3,(H,25,26)/b14-10-. The molecule has 3 aromatic rings. The first-order valence-electron chi connectivity index (χ1n) is 9.28. The summed E-state index contributed by atoms with van der Waals surface area (Å²) in [7, 11) is 3.17. The van der Waals surface area contributed by atoms with Gasteiger partial charge in [-0.3, -0.25) is 4.79 Å². The average molecular weight is 392 g/mol. The molecule has 0 aliphatic heterocycles. The number of aromatic carboxylic acids is 1. The second kappa shape index (κ2) is 7.47. The number of carboxylic acids is 1. The average Bonchev–Trinajstić information content (AvgIpc) is 2.74. The number of allylic oxidation sites excluding steroid dienone is 1. The molecule has 0 spiro atoms. The molecule has 6 nitrogen and oxygen atoms in total. The number of ether oxygens (including phenoxy) is 2. The molecule has 0 bridgehead atoms. The Labute approximate surface area is 167 Å². The lowest BCUT2D eigenvalue weighted by molar-refractivity contribution is 0.0697. The van der Waals surface area contributed by atoms with Gasteiger partial charge in [0.1, 0.15) is 11.3 Å². The van der Waals surface area contributed by atoms with Crippen molar-refractivity contribution in [1.29, 1.82) is 0 Å². The molecule has 0 radical (unpaired) electrons. The fourth-order valence-electron chi connectivity index (χ4n) is 3.70. The zero-order valence-electron chi connectivity index (χ0n) is 16.2. The van der Waals surface area contributed by atoms with Crippen LogP contribution >= 0.6 is 0 Å². The number of hydrogen-bond donors (Lipinski definition) is 1. The van der Waals surface area contributed by atoms with Gasteiger partial charge in [-0.05, 0) is 66.8 Å². The summed E-state index contributed by atoms with van der Waals surface area (Å²) < 4.78 is 16.7. The fraction of sp³-hybridized carbons (Fsp3) is 0.217. The smallest absolute Gasteiger partial charge is 0.335 e. The number of rotatable bonds is 4. The van der Waals surface area contributed by atoms with Crippen LogP contribution in [0.4, 0.5) is 0 Å². The van der Waals surface area contributed by atoms with Crippen LogP contribution in [0.15, 0.2) is 45.6 Å². The molecule has 4 rings (SSSR count). The molecular formula is C23H20O6. The summed E-state index contributed by atoms with van der Waals surface area (Å²) >= 11 is 0. The van der Waals surface area contributed by atoms with Crippen LogP contribution in [0.1, 0.15) is 40.1 Å². The molecule has 1 N–H and O–H groups in total. The van der Waals surface area contributed by atoms with E-state index in [1.807, 2.05) is 24.3 Å². The molecule has 6 heteroatoms. The Morgan fingerprint density at radius 3 is 2.59 bits per heavy atom. The Hall–Kier alpha value is -3.54. The maximum absolute atomic E-state index is 13.0. The molecule has 0 atom stereocenters. The first kappa shape index (κ1) is 18.8. The number of hydrogen-bond acceptors (Lipinski definition) is 5. The van der Waals surface area contributed by atoms with Gasteiger partial charge >= 0.3 is 5.97 Å². The minimum Gasteiger partial charge on any atom is -0.493 e. The van der Waals surface area contributed by atoms with Crippen molar-refractivity contribution < 1.29 is 23.8 Å². The molecule has 1 aliphatic carbocycles. The summed E-state index contributed by atoms with van der Waals surface area (Å²) in [6, 6.07) is 10.00. The van der Waals surface area contributed by atoms with Crippen LogP contribution in [0.25, 0.3) is 22.6 Å². The van der Waals surface area contributed by atoms with E-state index in [1.165, 1.54) is 12.1 Å². The van der Waals surface area contributed by atoms with Crippen molar-refractivity contribution in [1.82, 2.24) is 0 Å². The third-order valence-corrected chi connectivity index (χ3v) is 5.14. The zero-order valence-corrected chi connectivity index (χ0v) is 16.2. The quantitative estimate of drug-likeness (QED) is 0.709. The van der Waals surface area contributed by atoms with Crippen LogP contribution < -0.4 is 14.9 Å². The number of carboxylic acid groups (broad SMARTS) is 1. The highest BCUT2D eigenvalue weighted by Gasteiger charge is 2.22. The highest BCUT2D eigenvalue weighted by atomic mass is 16.5. The van der Waals surface area contributed by atoms with Crippen LogP contribution in [0, 0.1) is 0 Å². The Bertz CT molecular complexity index is 1200. The SMILES string of the molecule is COc1ccc(/C=C2/CCCc3c2oc2ccc(C(=O)O)cc2c3=O)cc1OC. The van der Waals surface area contributed by atoms with Gasteiger partial charge in [0, 0.05) is 5.56 Å². The van der Waals surface area contributed by atoms with Crippen molar-refractivity contribution in [3.63, 3.8) is 0 Å². The van der Waals surface area contributed by atoms with E-state index in [-0.39, 0.29) is 11.0 Å². The van der Waals surface area contributed by atoms with Gasteiger partial charge in [0.15, 0.2) is 16.9 Å². The van der Waals surface area contributed by atoms with Gasteiger partial charge in [0.2, 0.25) is 0 Å². The monoisotopic (exact) mass is 392 g/mol. The van der Waals surface area contributed by atoms with E-state index in [4.69, 9.17) is 13.9 Å². The summed E-state index contributed by atoms with van der Waals surface area (Å²) in [6.07, 6.45) is 4.19. The number of carbonyl (C=O) groups is 1. The minimum absolute atomic E-state index is 0.0710. The first-order valence-corrected chi connectivity index (χ1v) is 9.28. The Balaban J connectivity index is 1.85. The lowest BCUT2D eigenvalue weighted by atomic mass is 9.90. The van der Waals surface area contributed by atoms with E-state index in [0.29, 0.717) is 40.2 Å². The van der Waals surface area contributed by atoms with E-state index in [1.54, 1.807) is 20.3 Å². The van der Waals surface area contributed by atoms with Gasteiger partial charge in [0.05, 0.1) is 25.2 Å². The number of benzene rings is 2. The molecule has 0 fully saturated rings. The third kappa shape index (κ3) is 3.38. The van der Waals surface area contributed by atoms with Gasteiger partial charge in [-0.15, -0.1) is 0 Å². The highest BCUT2D eigenvalue weighted by molar-refractivity contribution is 5.93. The predicted octanol–water partition coefficient (Wildman–Crippen LogP) is 4.39. The van der Waals surface area contributed by atoms with Gasteiger partial charge in [-0.2, -0.15) is 0 Å². The van der Waals surface area contributed by atoms with Crippen LogP contribution in [-0.2, 0) is 6.42 Å². The molecule has 0 unspecified atom stereocenters. The number of methoxy groups -OCH3 is 2. The normalized spacial score (nSPS) is 14.6. The van der Waals surface area contributed by atoms with E-state index >= 15 is 0 Å². The largest absolute Gasteiger partial charge is 0.493 e. The first-order chi connectivity index (χ1) is 14.0. The van der Waals surface area contributed by atoms with Crippen LogP contribution in [0.3, 0.4) is 0 Å². The van der Waals surface area contributed by atoms with Crippen molar-refractivity contribution in [2.45, 2.75) is 19.3 Å². The maximum Gasteiger partial charge on any atom is 0.335 e. The van der Waals surface area contributed by atoms with Crippen molar-refractivity contribution in [3.05, 3.63) is 69.1 Å². The molecule has 1 heterocycles. The predicted molar refractivity (Wildman–Crippen MR) is 110 cm³/mol. The van der Waals surface area contributed by atoms with Crippen molar-refractivity contribution in [3.8, 4) is 11.5 Å². The Morgan fingerprint density at radius 2 is 1.86 bits per heavy atom. The van der Waals surface area contributed by atoms with E-state index in [0.717, 1.165) is 24.0 Å². The van der Waals surface area contributed by atoms with Crippen LogP contribution in [-0.4, -0.2) is 25.3 Å². The molecule has 0 saturated heterocycles. The minimum atomic E-state index is -1.07. The second-order valence-electron chi connectivity index (χ2n) is 6.89.